The molecule has 0 saturated heterocycles. The van der Waals surface area contributed by atoms with Gasteiger partial charge in [-0.15, -0.1) is 0 Å². The SMILES string of the molecule is [C-]#[N+]c1cc(NC(=O)N2CCc3nn4c(c3C2)C(F)(F)CCC(CCC(C)=O)C4)ccc1F. The van der Waals surface area contributed by atoms with Crippen molar-refractivity contribution in [2.45, 2.75) is 58.0 Å². The Kier molecular flexibility index (Phi) is 6.15. The molecular formula is C23H24F3N5O2. The van der Waals surface area contributed by atoms with Crippen LogP contribution in [0.15, 0.2) is 18.2 Å². The zero-order chi connectivity index (χ0) is 23.8. The first-order valence-corrected chi connectivity index (χ1v) is 10.9. The summed E-state index contributed by atoms with van der Waals surface area (Å²) in [5, 5.41) is 7.07. The smallest absolute Gasteiger partial charge is 0.320 e. The molecule has 0 bridgehead atoms. The number of carbonyl (C=O) groups excluding carboxylic acids is 2. The first kappa shape index (κ1) is 22.8. The summed E-state index contributed by atoms with van der Waals surface area (Å²) in [6, 6.07) is 3.16. The summed E-state index contributed by atoms with van der Waals surface area (Å²) < 4.78 is 45.2. The van der Waals surface area contributed by atoms with Crippen LogP contribution in [0, 0.1) is 18.3 Å². The van der Waals surface area contributed by atoms with E-state index in [9.17, 15) is 14.0 Å². The van der Waals surface area contributed by atoms with Gasteiger partial charge in [0.15, 0.2) is 0 Å². The molecule has 4 rings (SSSR count). The minimum atomic E-state index is -3.08. The van der Waals surface area contributed by atoms with Crippen molar-refractivity contribution in [1.82, 2.24) is 14.7 Å². The molecule has 1 aromatic carbocycles. The lowest BCUT2D eigenvalue weighted by molar-refractivity contribution is -0.117. The highest BCUT2D eigenvalue weighted by Crippen LogP contribution is 2.42. The lowest BCUT2D eigenvalue weighted by atomic mass is 9.94. The number of alkyl halides is 2. The molecule has 0 saturated carbocycles. The van der Waals surface area contributed by atoms with E-state index in [1.54, 1.807) is 0 Å². The van der Waals surface area contributed by atoms with Crippen LogP contribution in [-0.2, 0) is 30.2 Å². The number of urea groups is 1. The number of halogens is 3. The summed E-state index contributed by atoms with van der Waals surface area (Å²) in [6.45, 7) is 9.10. The van der Waals surface area contributed by atoms with E-state index >= 15 is 8.78 Å². The Balaban J connectivity index is 1.54. The zero-order valence-electron chi connectivity index (χ0n) is 18.2. The number of nitrogens with one attached hydrogen (secondary N) is 1. The number of hydrogen-bond donors (Lipinski definition) is 1. The van der Waals surface area contributed by atoms with Gasteiger partial charge in [0.2, 0.25) is 5.69 Å². The van der Waals surface area contributed by atoms with Gasteiger partial charge in [-0.2, -0.15) is 13.9 Å². The number of Topliss-reactive ketones (excluding diaryl/α,β-unsaturated/α-hetero) is 1. The lowest BCUT2D eigenvalue weighted by Crippen LogP contribution is -2.39. The van der Waals surface area contributed by atoms with Crippen LogP contribution in [0.4, 0.5) is 29.3 Å². The van der Waals surface area contributed by atoms with Gasteiger partial charge in [-0.05, 0) is 43.9 Å². The monoisotopic (exact) mass is 459 g/mol. The topological polar surface area (TPSA) is 71.6 Å². The van der Waals surface area contributed by atoms with Crippen LogP contribution < -0.4 is 5.32 Å². The summed E-state index contributed by atoms with van der Waals surface area (Å²) in [6.07, 6.45) is 1.23. The van der Waals surface area contributed by atoms with E-state index in [1.165, 1.54) is 28.6 Å². The van der Waals surface area contributed by atoms with Crippen LogP contribution in [0.2, 0.25) is 0 Å². The normalized spacial score (nSPS) is 19.1. The maximum absolute atomic E-state index is 15.1. The minimum Gasteiger partial charge on any atom is -0.320 e. The standard InChI is InChI=1S/C23H24F3N5O2/c1-14(32)3-4-15-7-9-23(25,26)21-17-13-30(10-8-19(17)29-31(21)12-15)22(33)28-16-5-6-18(24)20(11-16)27-2/h5-6,11,15H,3-4,7-10,12-13H2,1H3,(H,28,33). The van der Waals surface area contributed by atoms with Crippen LogP contribution >= 0.6 is 0 Å². The molecule has 0 spiro atoms. The van der Waals surface area contributed by atoms with Crippen molar-refractivity contribution >= 4 is 23.2 Å². The van der Waals surface area contributed by atoms with Gasteiger partial charge in [-0.3, -0.25) is 4.68 Å². The fraction of sp³-hybridized carbons (Fsp3) is 0.478. The maximum atomic E-state index is 15.1. The van der Waals surface area contributed by atoms with Gasteiger partial charge < -0.3 is 15.0 Å². The molecule has 174 valence electrons. The highest BCUT2D eigenvalue weighted by atomic mass is 19.3. The number of nitrogens with zero attached hydrogens (tertiary/aromatic N) is 4. The Morgan fingerprint density at radius 1 is 1.36 bits per heavy atom. The molecule has 2 aromatic rings. The number of ketones is 1. The van der Waals surface area contributed by atoms with Crippen LogP contribution in [0.5, 0.6) is 0 Å². The number of carbonyl (C=O) groups is 2. The van der Waals surface area contributed by atoms with E-state index in [-0.39, 0.29) is 41.7 Å². The Morgan fingerprint density at radius 2 is 2.15 bits per heavy atom. The Bertz CT molecular complexity index is 1140. The maximum Gasteiger partial charge on any atom is 0.322 e. The summed E-state index contributed by atoms with van der Waals surface area (Å²) in [5.41, 5.74) is 0.838. The second kappa shape index (κ2) is 8.89. The van der Waals surface area contributed by atoms with Crippen molar-refractivity contribution in [3.8, 4) is 0 Å². The number of aromatic nitrogens is 2. The molecule has 1 unspecified atom stereocenters. The number of amides is 2. The summed E-state index contributed by atoms with van der Waals surface area (Å²) in [5.74, 6) is -3.78. The van der Waals surface area contributed by atoms with Gasteiger partial charge in [0.25, 0.3) is 5.92 Å². The van der Waals surface area contributed by atoms with E-state index in [2.05, 4.69) is 15.3 Å². The van der Waals surface area contributed by atoms with E-state index in [0.717, 1.165) is 6.07 Å². The van der Waals surface area contributed by atoms with Crippen molar-refractivity contribution in [2.75, 3.05) is 11.9 Å². The van der Waals surface area contributed by atoms with Crippen molar-refractivity contribution in [3.63, 3.8) is 0 Å². The average molecular weight is 459 g/mol. The van der Waals surface area contributed by atoms with Crippen LogP contribution in [0.1, 0.15) is 49.6 Å². The third kappa shape index (κ3) is 4.72. The Labute approximate surface area is 189 Å². The quantitative estimate of drug-likeness (QED) is 0.652. The number of rotatable bonds is 4. The number of benzene rings is 1. The molecule has 2 aliphatic heterocycles. The molecule has 2 amide bonds. The fourth-order valence-electron chi connectivity index (χ4n) is 4.50. The van der Waals surface area contributed by atoms with E-state index in [4.69, 9.17) is 6.57 Å². The average Bonchev–Trinajstić information content (AvgIpc) is 3.08. The van der Waals surface area contributed by atoms with Crippen LogP contribution in [0.3, 0.4) is 0 Å². The Morgan fingerprint density at radius 3 is 2.88 bits per heavy atom. The number of fused-ring (bicyclic) bond motifs is 3. The molecule has 1 aromatic heterocycles. The largest absolute Gasteiger partial charge is 0.322 e. The van der Waals surface area contributed by atoms with E-state index < -0.39 is 17.8 Å². The molecule has 10 heteroatoms. The van der Waals surface area contributed by atoms with Gasteiger partial charge in [0, 0.05) is 43.6 Å². The van der Waals surface area contributed by atoms with Gasteiger partial charge in [-0.25, -0.2) is 14.0 Å². The van der Waals surface area contributed by atoms with Crippen molar-refractivity contribution in [2.24, 2.45) is 5.92 Å². The van der Waals surface area contributed by atoms with E-state index in [1.807, 2.05) is 0 Å². The second-order valence-electron chi connectivity index (χ2n) is 8.69. The highest BCUT2D eigenvalue weighted by molar-refractivity contribution is 5.90. The first-order valence-electron chi connectivity index (χ1n) is 10.9. The zero-order valence-corrected chi connectivity index (χ0v) is 18.2. The summed E-state index contributed by atoms with van der Waals surface area (Å²) in [4.78, 5) is 28.6. The summed E-state index contributed by atoms with van der Waals surface area (Å²) in [7, 11) is 0. The lowest BCUT2D eigenvalue weighted by Gasteiger charge is -2.28. The van der Waals surface area contributed by atoms with Crippen molar-refractivity contribution in [3.05, 3.63) is 52.4 Å². The third-order valence-corrected chi connectivity index (χ3v) is 6.26. The molecule has 1 atom stereocenters. The third-order valence-electron chi connectivity index (χ3n) is 6.26. The predicted molar refractivity (Wildman–Crippen MR) is 115 cm³/mol. The second-order valence-corrected chi connectivity index (χ2v) is 8.69. The number of hydrogen-bond acceptors (Lipinski definition) is 3. The molecular weight excluding hydrogens is 435 g/mol. The van der Waals surface area contributed by atoms with Crippen LogP contribution in [0.25, 0.3) is 4.85 Å². The highest BCUT2D eigenvalue weighted by Gasteiger charge is 2.43. The van der Waals surface area contributed by atoms with Crippen LogP contribution in [-0.4, -0.2) is 33.0 Å². The van der Waals surface area contributed by atoms with Crippen molar-refractivity contribution < 1.29 is 22.8 Å². The van der Waals surface area contributed by atoms with Gasteiger partial charge in [-0.1, -0.05) is 0 Å². The predicted octanol–water partition coefficient (Wildman–Crippen LogP) is 5.03. The molecule has 7 nitrogen and oxygen atoms in total. The molecule has 0 radical (unpaired) electrons. The van der Waals surface area contributed by atoms with E-state index in [0.29, 0.717) is 50.0 Å². The van der Waals surface area contributed by atoms with Gasteiger partial charge in [0.1, 0.15) is 17.3 Å². The van der Waals surface area contributed by atoms with Crippen molar-refractivity contribution in [1.29, 1.82) is 0 Å². The minimum absolute atomic E-state index is 0.0128. The Hall–Kier alpha value is -3.35. The summed E-state index contributed by atoms with van der Waals surface area (Å²) >= 11 is 0. The first-order chi connectivity index (χ1) is 15.7. The van der Waals surface area contributed by atoms with Gasteiger partial charge >= 0.3 is 6.03 Å². The number of anilines is 1. The van der Waals surface area contributed by atoms with Gasteiger partial charge in [0.05, 0.1) is 18.8 Å². The molecule has 0 aliphatic carbocycles. The molecule has 1 N–H and O–H groups in total. The fourth-order valence-corrected chi connectivity index (χ4v) is 4.50. The molecule has 3 heterocycles. The molecule has 2 aliphatic rings. The molecule has 0 fully saturated rings. The molecule has 33 heavy (non-hydrogen) atoms.